The van der Waals surface area contributed by atoms with Gasteiger partial charge in [0.25, 0.3) is 5.91 Å². The van der Waals surface area contributed by atoms with Gasteiger partial charge >= 0.3 is 5.97 Å². The number of hydrogen-bond donors (Lipinski definition) is 5. The number of aromatic amines is 1. The lowest BCUT2D eigenvalue weighted by molar-refractivity contribution is 0.0696. The third kappa shape index (κ3) is 5.56. The van der Waals surface area contributed by atoms with E-state index in [4.69, 9.17) is 28.3 Å². The second kappa shape index (κ2) is 10.5. The molecule has 0 spiro atoms. The average molecular weight is 511 g/mol. The van der Waals surface area contributed by atoms with Crippen LogP contribution in [0.5, 0.6) is 5.75 Å². The van der Waals surface area contributed by atoms with Gasteiger partial charge in [-0.25, -0.2) is 4.79 Å². The van der Waals surface area contributed by atoms with E-state index < -0.39 is 11.9 Å². The van der Waals surface area contributed by atoms with Crippen LogP contribution in [0.4, 0.5) is 11.4 Å². The molecular formula is C25H20Cl2N4O4. The summed E-state index contributed by atoms with van der Waals surface area (Å²) in [6, 6.07) is 16.8. The first kappa shape index (κ1) is 24.1. The summed E-state index contributed by atoms with van der Waals surface area (Å²) >= 11 is 12.0. The topological polar surface area (TPSA) is 127 Å². The number of rotatable bonds is 8. The predicted molar refractivity (Wildman–Crippen MR) is 135 cm³/mol. The van der Waals surface area contributed by atoms with E-state index in [0.717, 1.165) is 11.3 Å². The largest absolute Gasteiger partial charge is 0.506 e. The van der Waals surface area contributed by atoms with Crippen LogP contribution in [0, 0.1) is 0 Å². The van der Waals surface area contributed by atoms with Gasteiger partial charge in [0.1, 0.15) is 10.8 Å². The fourth-order valence-electron chi connectivity index (χ4n) is 3.50. The van der Waals surface area contributed by atoms with Crippen LogP contribution in [-0.4, -0.2) is 32.3 Å². The number of benzene rings is 3. The number of carbonyl (C=O) groups is 2. The molecule has 0 radical (unpaired) electrons. The summed E-state index contributed by atoms with van der Waals surface area (Å²) in [5.41, 5.74) is 3.78. The summed E-state index contributed by atoms with van der Waals surface area (Å²) in [6.45, 7) is 0.307. The summed E-state index contributed by atoms with van der Waals surface area (Å²) < 4.78 is 0. The Kier molecular flexibility index (Phi) is 7.24. The zero-order valence-electron chi connectivity index (χ0n) is 18.2. The number of phenols is 1. The minimum absolute atomic E-state index is 0.0563. The van der Waals surface area contributed by atoms with E-state index in [1.807, 2.05) is 24.3 Å². The van der Waals surface area contributed by atoms with Crippen LogP contribution in [0.1, 0.15) is 37.5 Å². The van der Waals surface area contributed by atoms with Crippen molar-refractivity contribution in [2.75, 3.05) is 10.6 Å². The molecule has 0 aliphatic carbocycles. The van der Waals surface area contributed by atoms with Crippen LogP contribution in [0.15, 0.2) is 66.9 Å². The van der Waals surface area contributed by atoms with Gasteiger partial charge in [-0.1, -0.05) is 47.5 Å². The quantitative estimate of drug-likeness (QED) is 0.210. The van der Waals surface area contributed by atoms with Crippen molar-refractivity contribution in [1.82, 2.24) is 10.2 Å². The maximum Gasteiger partial charge on any atom is 0.335 e. The Morgan fingerprint density at radius 2 is 1.69 bits per heavy atom. The van der Waals surface area contributed by atoms with Gasteiger partial charge in [0.2, 0.25) is 0 Å². The third-order valence-electron chi connectivity index (χ3n) is 5.34. The second-order valence-electron chi connectivity index (χ2n) is 7.65. The molecule has 4 rings (SSSR count). The molecule has 1 amide bonds. The van der Waals surface area contributed by atoms with Crippen LogP contribution in [0.25, 0.3) is 0 Å². The molecule has 0 aliphatic heterocycles. The number of aromatic carboxylic acids is 1. The van der Waals surface area contributed by atoms with E-state index >= 15 is 0 Å². The average Bonchev–Trinajstić information content (AvgIpc) is 3.33. The molecule has 0 fully saturated rings. The van der Waals surface area contributed by atoms with E-state index in [2.05, 4.69) is 20.8 Å². The summed E-state index contributed by atoms with van der Waals surface area (Å²) in [7, 11) is 0. The van der Waals surface area contributed by atoms with Crippen LogP contribution in [-0.2, 0) is 13.0 Å². The number of carbonyl (C=O) groups excluding carboxylic acids is 1. The van der Waals surface area contributed by atoms with Gasteiger partial charge < -0.3 is 20.8 Å². The Labute approximate surface area is 210 Å². The number of amides is 1. The first-order valence-electron chi connectivity index (χ1n) is 10.5. The van der Waals surface area contributed by atoms with E-state index in [9.17, 15) is 14.7 Å². The van der Waals surface area contributed by atoms with Gasteiger partial charge in [0, 0.05) is 36.1 Å². The lowest BCUT2D eigenvalue weighted by atomic mass is 10.0. The van der Waals surface area contributed by atoms with E-state index in [1.54, 1.807) is 18.3 Å². The van der Waals surface area contributed by atoms with E-state index in [1.165, 1.54) is 24.3 Å². The Bertz CT molecular complexity index is 1390. The Morgan fingerprint density at radius 3 is 2.43 bits per heavy atom. The molecule has 8 nitrogen and oxygen atoms in total. The minimum atomic E-state index is -1.04. The number of para-hydroxylation sites is 1. The Balaban J connectivity index is 1.46. The molecule has 1 aromatic heterocycles. The van der Waals surface area contributed by atoms with Crippen LogP contribution in [0.3, 0.4) is 0 Å². The zero-order valence-corrected chi connectivity index (χ0v) is 19.7. The Morgan fingerprint density at radius 1 is 0.943 bits per heavy atom. The van der Waals surface area contributed by atoms with Crippen molar-refractivity contribution in [2.45, 2.75) is 13.0 Å². The van der Waals surface area contributed by atoms with Crippen LogP contribution < -0.4 is 10.6 Å². The highest BCUT2D eigenvalue weighted by Crippen LogP contribution is 2.36. The SMILES string of the molecule is O=C(O)c1ccc(NC(=O)c2n[nH]cc2CNc2ccccc2Cc2ccc(Cl)c(Cl)c2O)cc1. The lowest BCUT2D eigenvalue weighted by Gasteiger charge is -2.14. The molecule has 35 heavy (non-hydrogen) atoms. The number of aromatic hydroxyl groups is 1. The molecule has 0 saturated heterocycles. The van der Waals surface area contributed by atoms with Gasteiger partial charge in [-0.3, -0.25) is 9.89 Å². The zero-order chi connectivity index (χ0) is 24.9. The number of H-pyrrole nitrogens is 1. The predicted octanol–water partition coefficient (Wildman–Crippen LogP) is 5.58. The summed E-state index contributed by atoms with van der Waals surface area (Å²) in [5.74, 6) is -1.53. The summed E-state index contributed by atoms with van der Waals surface area (Å²) in [5, 5.41) is 32.5. The summed E-state index contributed by atoms with van der Waals surface area (Å²) in [6.07, 6.45) is 2.04. The second-order valence-corrected chi connectivity index (χ2v) is 8.44. The van der Waals surface area contributed by atoms with Crippen molar-refractivity contribution >= 4 is 46.5 Å². The molecular weight excluding hydrogens is 491 g/mol. The number of halogens is 2. The number of hydrogen-bond acceptors (Lipinski definition) is 5. The van der Waals surface area contributed by atoms with Crippen molar-refractivity contribution in [3.8, 4) is 5.75 Å². The van der Waals surface area contributed by atoms with Crippen molar-refractivity contribution in [2.24, 2.45) is 0 Å². The highest BCUT2D eigenvalue weighted by Gasteiger charge is 2.16. The molecule has 178 valence electrons. The van der Waals surface area contributed by atoms with Crippen LogP contribution in [0.2, 0.25) is 10.0 Å². The smallest absolute Gasteiger partial charge is 0.335 e. The van der Waals surface area contributed by atoms with Gasteiger partial charge in [-0.2, -0.15) is 5.10 Å². The summed E-state index contributed by atoms with van der Waals surface area (Å²) in [4.78, 5) is 23.7. The highest BCUT2D eigenvalue weighted by atomic mass is 35.5. The fraction of sp³-hybridized carbons (Fsp3) is 0.0800. The Hall–Kier alpha value is -4.01. The van der Waals surface area contributed by atoms with Gasteiger partial charge in [0.15, 0.2) is 5.69 Å². The first-order valence-corrected chi connectivity index (χ1v) is 11.2. The number of anilines is 2. The van der Waals surface area contributed by atoms with E-state index in [-0.39, 0.29) is 27.1 Å². The van der Waals surface area contributed by atoms with Crippen molar-refractivity contribution in [3.05, 3.63) is 105 Å². The van der Waals surface area contributed by atoms with Gasteiger partial charge in [-0.15, -0.1) is 0 Å². The third-order valence-corrected chi connectivity index (χ3v) is 6.14. The van der Waals surface area contributed by atoms with Gasteiger partial charge in [0.05, 0.1) is 10.6 Å². The maximum absolute atomic E-state index is 12.7. The molecule has 0 atom stereocenters. The first-order chi connectivity index (χ1) is 16.8. The standard InChI is InChI=1S/C25H20Cl2N4O4/c26-19-10-7-16(23(32)21(19)27)11-15-3-1-2-4-20(15)28-12-17-13-29-31-22(17)24(33)30-18-8-5-14(6-9-18)25(34)35/h1-10,13,28,32H,11-12H2,(H,29,31)(H,30,33)(H,34,35). The van der Waals surface area contributed by atoms with Gasteiger partial charge in [-0.05, 0) is 47.5 Å². The minimum Gasteiger partial charge on any atom is -0.506 e. The fourth-order valence-corrected chi connectivity index (χ4v) is 3.83. The number of nitrogens with one attached hydrogen (secondary N) is 3. The molecule has 0 aliphatic rings. The number of nitrogens with zero attached hydrogens (tertiary/aromatic N) is 1. The molecule has 0 saturated carbocycles. The lowest BCUT2D eigenvalue weighted by Crippen LogP contribution is -2.16. The molecule has 0 unspecified atom stereocenters. The normalized spacial score (nSPS) is 10.7. The monoisotopic (exact) mass is 510 g/mol. The molecule has 3 aromatic carbocycles. The number of carboxylic acid groups (broad SMARTS) is 1. The molecule has 4 aromatic rings. The van der Waals surface area contributed by atoms with Crippen molar-refractivity contribution < 1.29 is 19.8 Å². The van der Waals surface area contributed by atoms with Crippen molar-refractivity contribution in [3.63, 3.8) is 0 Å². The van der Waals surface area contributed by atoms with Crippen molar-refractivity contribution in [1.29, 1.82) is 0 Å². The number of carboxylic acids is 1. The number of aromatic nitrogens is 2. The number of phenolic OH excluding ortho intramolecular Hbond substituents is 1. The molecule has 5 N–H and O–H groups in total. The van der Waals surface area contributed by atoms with E-state index in [0.29, 0.717) is 29.8 Å². The van der Waals surface area contributed by atoms with Crippen LogP contribution >= 0.6 is 23.2 Å². The highest BCUT2D eigenvalue weighted by molar-refractivity contribution is 6.43. The maximum atomic E-state index is 12.7. The molecule has 1 heterocycles. The molecule has 10 heteroatoms. The molecule has 0 bridgehead atoms.